The van der Waals surface area contributed by atoms with Crippen molar-refractivity contribution in [1.82, 2.24) is 9.78 Å². The first-order valence-corrected chi connectivity index (χ1v) is 10.4. The van der Waals surface area contributed by atoms with Crippen molar-refractivity contribution in [2.75, 3.05) is 18.3 Å². The zero-order valence-electron chi connectivity index (χ0n) is 17.1. The number of hydrogen-bond acceptors (Lipinski definition) is 5. The van der Waals surface area contributed by atoms with Crippen molar-refractivity contribution >= 4 is 23.2 Å². The highest BCUT2D eigenvalue weighted by molar-refractivity contribution is 6.30. The zero-order valence-corrected chi connectivity index (χ0v) is 17.8. The number of amides is 1. The van der Waals surface area contributed by atoms with Crippen LogP contribution in [0.4, 0.5) is 18.9 Å². The van der Waals surface area contributed by atoms with Gasteiger partial charge in [-0.25, -0.2) is 0 Å². The SMILES string of the molecule is Cn1nc(C(F)(F)F)c(CN2C(=O)C3(COc4cc5c(cc43)OCO5)c3ccccc32)c1Cl. The Balaban J connectivity index is 1.50. The van der Waals surface area contributed by atoms with Crippen molar-refractivity contribution in [2.45, 2.75) is 18.1 Å². The summed E-state index contributed by atoms with van der Waals surface area (Å²) in [4.78, 5) is 15.3. The van der Waals surface area contributed by atoms with Crippen LogP contribution in [-0.4, -0.2) is 29.1 Å². The standard InChI is InChI=1S/C22H15ClF3N3O4/c1-28-19(23)11(18(27-28)22(24,25)26)8-29-14-5-3-2-4-12(14)21(20(29)30)9-31-15-7-17-16(6-13(15)21)32-10-33-17/h2-7H,8-10H2,1H3. The van der Waals surface area contributed by atoms with E-state index in [9.17, 15) is 18.0 Å². The first-order valence-electron chi connectivity index (χ1n) is 9.99. The highest BCUT2D eigenvalue weighted by Gasteiger charge is 2.57. The molecule has 2 aromatic carbocycles. The average molecular weight is 478 g/mol. The molecule has 11 heteroatoms. The van der Waals surface area contributed by atoms with Crippen LogP contribution in [0.15, 0.2) is 36.4 Å². The Morgan fingerprint density at radius 3 is 2.58 bits per heavy atom. The van der Waals surface area contributed by atoms with Gasteiger partial charge in [0.25, 0.3) is 0 Å². The lowest BCUT2D eigenvalue weighted by Gasteiger charge is -2.23. The van der Waals surface area contributed by atoms with E-state index in [0.29, 0.717) is 34.1 Å². The molecule has 0 radical (unpaired) electrons. The van der Waals surface area contributed by atoms with Gasteiger partial charge in [0.1, 0.15) is 22.9 Å². The van der Waals surface area contributed by atoms with Crippen molar-refractivity contribution in [1.29, 1.82) is 0 Å². The molecule has 3 aromatic rings. The van der Waals surface area contributed by atoms with E-state index in [-0.39, 0.29) is 30.7 Å². The molecule has 0 bridgehead atoms. The lowest BCUT2D eigenvalue weighted by Crippen LogP contribution is -2.42. The number of carbonyl (C=O) groups excluding carboxylic acids is 1. The molecule has 3 aliphatic heterocycles. The predicted molar refractivity (Wildman–Crippen MR) is 110 cm³/mol. The molecule has 0 N–H and O–H groups in total. The first kappa shape index (κ1) is 20.2. The molecule has 1 aromatic heterocycles. The molecule has 1 atom stereocenters. The van der Waals surface area contributed by atoms with Gasteiger partial charge >= 0.3 is 6.18 Å². The van der Waals surface area contributed by atoms with Crippen LogP contribution in [0.1, 0.15) is 22.4 Å². The van der Waals surface area contributed by atoms with Gasteiger partial charge < -0.3 is 19.1 Å². The second kappa shape index (κ2) is 6.57. The minimum Gasteiger partial charge on any atom is -0.491 e. The Hall–Kier alpha value is -3.40. The summed E-state index contributed by atoms with van der Waals surface area (Å²) in [6.45, 7) is -0.328. The molecule has 3 aliphatic rings. The maximum atomic E-state index is 14.0. The van der Waals surface area contributed by atoms with E-state index in [0.717, 1.165) is 4.68 Å². The first-order chi connectivity index (χ1) is 15.7. The monoisotopic (exact) mass is 477 g/mol. The lowest BCUT2D eigenvalue weighted by atomic mass is 9.77. The number of anilines is 1. The molecule has 0 fully saturated rings. The molecule has 33 heavy (non-hydrogen) atoms. The number of fused-ring (bicyclic) bond motifs is 5. The Morgan fingerprint density at radius 1 is 1.09 bits per heavy atom. The Kier molecular flexibility index (Phi) is 4.02. The number of benzene rings is 2. The van der Waals surface area contributed by atoms with Crippen LogP contribution in [0.25, 0.3) is 0 Å². The van der Waals surface area contributed by atoms with E-state index >= 15 is 0 Å². The molecule has 4 heterocycles. The van der Waals surface area contributed by atoms with Gasteiger partial charge in [-0.05, 0) is 17.7 Å². The summed E-state index contributed by atoms with van der Waals surface area (Å²) in [5.41, 5.74) is -0.893. The molecule has 1 unspecified atom stereocenters. The average Bonchev–Trinajstić information content (AvgIpc) is 3.51. The maximum absolute atomic E-state index is 14.0. The van der Waals surface area contributed by atoms with Gasteiger partial charge in [-0.1, -0.05) is 29.8 Å². The Morgan fingerprint density at radius 2 is 1.82 bits per heavy atom. The summed E-state index contributed by atoms with van der Waals surface area (Å²) >= 11 is 6.18. The van der Waals surface area contributed by atoms with Crippen LogP contribution in [0.2, 0.25) is 5.15 Å². The molecule has 7 nitrogen and oxygen atoms in total. The van der Waals surface area contributed by atoms with Gasteiger partial charge in [-0.15, -0.1) is 0 Å². The largest absolute Gasteiger partial charge is 0.491 e. The summed E-state index contributed by atoms with van der Waals surface area (Å²) in [5, 5.41) is 3.35. The number of aryl methyl sites for hydroxylation is 1. The van der Waals surface area contributed by atoms with E-state index in [1.165, 1.54) is 11.9 Å². The van der Waals surface area contributed by atoms with Gasteiger partial charge in [-0.2, -0.15) is 18.3 Å². The summed E-state index contributed by atoms with van der Waals surface area (Å²) in [5.74, 6) is 1.06. The number of rotatable bonds is 2. The van der Waals surface area contributed by atoms with E-state index in [1.807, 2.05) is 0 Å². The third-order valence-electron chi connectivity index (χ3n) is 6.30. The van der Waals surface area contributed by atoms with Gasteiger partial charge in [-0.3, -0.25) is 9.48 Å². The van der Waals surface area contributed by atoms with E-state index in [1.54, 1.807) is 36.4 Å². The van der Waals surface area contributed by atoms with Crippen molar-refractivity contribution < 1.29 is 32.2 Å². The molecule has 0 aliphatic carbocycles. The van der Waals surface area contributed by atoms with Crippen LogP contribution < -0.4 is 19.1 Å². The number of halogens is 4. The topological polar surface area (TPSA) is 65.8 Å². The molecule has 0 saturated heterocycles. The number of hydrogen-bond donors (Lipinski definition) is 0. The maximum Gasteiger partial charge on any atom is 0.435 e. The number of para-hydroxylation sites is 1. The number of nitrogens with zero attached hydrogens (tertiary/aromatic N) is 3. The van der Waals surface area contributed by atoms with Crippen molar-refractivity contribution in [3.05, 3.63) is 63.9 Å². The third-order valence-corrected chi connectivity index (χ3v) is 6.77. The minimum absolute atomic E-state index is 0.00444. The smallest absolute Gasteiger partial charge is 0.435 e. The molecular formula is C22H15ClF3N3O4. The molecule has 6 rings (SSSR count). The normalized spacial score (nSPS) is 20.4. The Labute approximate surface area is 190 Å². The fourth-order valence-corrected chi connectivity index (χ4v) is 4.98. The molecule has 1 amide bonds. The number of carbonyl (C=O) groups is 1. The molecular weight excluding hydrogens is 463 g/mol. The lowest BCUT2D eigenvalue weighted by molar-refractivity contribution is -0.142. The van der Waals surface area contributed by atoms with Crippen LogP contribution in [0.3, 0.4) is 0 Å². The summed E-state index contributed by atoms with van der Waals surface area (Å²) < 4.78 is 58.7. The predicted octanol–water partition coefficient (Wildman–Crippen LogP) is 4.05. The van der Waals surface area contributed by atoms with Crippen molar-refractivity contribution in [3.63, 3.8) is 0 Å². The fraction of sp³-hybridized carbons (Fsp3) is 0.273. The zero-order chi connectivity index (χ0) is 23.1. The molecule has 170 valence electrons. The molecule has 1 spiro atoms. The third kappa shape index (κ3) is 2.64. The summed E-state index contributed by atoms with van der Waals surface area (Å²) in [6, 6.07) is 10.4. The van der Waals surface area contributed by atoms with Crippen molar-refractivity contribution in [2.24, 2.45) is 7.05 Å². The van der Waals surface area contributed by atoms with Crippen LogP contribution >= 0.6 is 11.6 Å². The van der Waals surface area contributed by atoms with Gasteiger partial charge in [0.15, 0.2) is 17.2 Å². The number of aromatic nitrogens is 2. The summed E-state index contributed by atoms with van der Waals surface area (Å²) in [7, 11) is 1.33. The van der Waals surface area contributed by atoms with E-state index < -0.39 is 23.2 Å². The Bertz CT molecular complexity index is 1340. The van der Waals surface area contributed by atoms with E-state index in [2.05, 4.69) is 5.10 Å². The van der Waals surface area contributed by atoms with Crippen LogP contribution in [0, 0.1) is 0 Å². The fourth-order valence-electron chi connectivity index (χ4n) is 4.79. The van der Waals surface area contributed by atoms with Crippen LogP contribution in [0.5, 0.6) is 17.2 Å². The second-order valence-corrected chi connectivity index (χ2v) is 8.40. The number of ether oxygens (including phenoxy) is 3. The van der Waals surface area contributed by atoms with Gasteiger partial charge in [0.2, 0.25) is 12.7 Å². The quantitative estimate of drug-likeness (QED) is 0.557. The van der Waals surface area contributed by atoms with Gasteiger partial charge in [0.05, 0.1) is 6.54 Å². The second-order valence-electron chi connectivity index (χ2n) is 8.04. The van der Waals surface area contributed by atoms with E-state index in [4.69, 9.17) is 25.8 Å². The van der Waals surface area contributed by atoms with Crippen LogP contribution in [-0.2, 0) is 30.0 Å². The molecule has 0 saturated carbocycles. The number of alkyl halides is 3. The minimum atomic E-state index is -4.72. The highest BCUT2D eigenvalue weighted by Crippen LogP contribution is 2.55. The van der Waals surface area contributed by atoms with Gasteiger partial charge in [0, 0.05) is 29.9 Å². The van der Waals surface area contributed by atoms with Crippen molar-refractivity contribution in [3.8, 4) is 17.2 Å². The highest BCUT2D eigenvalue weighted by atomic mass is 35.5. The summed E-state index contributed by atoms with van der Waals surface area (Å²) in [6.07, 6.45) is -4.72.